The summed E-state index contributed by atoms with van der Waals surface area (Å²) < 4.78 is 0. The van der Waals surface area contributed by atoms with E-state index in [1.54, 1.807) is 0 Å². The molecule has 0 N–H and O–H groups in total. The van der Waals surface area contributed by atoms with Crippen LogP contribution in [0.3, 0.4) is 0 Å². The van der Waals surface area contributed by atoms with Crippen LogP contribution in [0.2, 0.25) is 0 Å². The Morgan fingerprint density at radius 3 is 2.50 bits per heavy atom. The fourth-order valence-electron chi connectivity index (χ4n) is 2.91. The zero-order chi connectivity index (χ0) is 11.8. The molecule has 0 saturated carbocycles. The van der Waals surface area contributed by atoms with Gasteiger partial charge in [-0.15, -0.1) is 0 Å². The molecule has 3 atom stereocenters. The lowest BCUT2D eigenvalue weighted by molar-refractivity contribution is 0.256. The molecule has 0 aromatic heterocycles. The van der Waals surface area contributed by atoms with Gasteiger partial charge in [0, 0.05) is 0 Å². The average Bonchev–Trinajstić information content (AvgIpc) is 2.22. The second-order valence-corrected chi connectivity index (χ2v) is 5.65. The van der Waals surface area contributed by atoms with Crippen LogP contribution < -0.4 is 0 Å². The Kier molecular flexibility index (Phi) is 2.92. The molecule has 0 heteroatoms. The molecule has 86 valence electrons. The minimum atomic E-state index is 0.298. The standard InChI is InChI=1S/C16H22/c1-12-7-9-16(4,10-8-12)15-6-5-13(2)11-14(15)3/h5-9,11,14-15H,10H2,1-4H3. The number of rotatable bonds is 1. The molecule has 0 aliphatic heterocycles. The number of allylic oxidation sites excluding steroid dienone is 8. The van der Waals surface area contributed by atoms with E-state index in [1.807, 2.05) is 0 Å². The molecule has 0 radical (unpaired) electrons. The quantitative estimate of drug-likeness (QED) is 0.595. The van der Waals surface area contributed by atoms with Gasteiger partial charge in [-0.2, -0.15) is 0 Å². The fourth-order valence-corrected chi connectivity index (χ4v) is 2.91. The van der Waals surface area contributed by atoms with Gasteiger partial charge >= 0.3 is 0 Å². The van der Waals surface area contributed by atoms with Crippen LogP contribution in [0.15, 0.2) is 47.6 Å². The first-order valence-electron chi connectivity index (χ1n) is 6.24. The van der Waals surface area contributed by atoms with Gasteiger partial charge in [0.2, 0.25) is 0 Å². The third kappa shape index (κ3) is 2.07. The van der Waals surface area contributed by atoms with Gasteiger partial charge in [-0.3, -0.25) is 0 Å². The van der Waals surface area contributed by atoms with Crippen molar-refractivity contribution < 1.29 is 0 Å². The minimum Gasteiger partial charge on any atom is -0.0807 e. The predicted molar refractivity (Wildman–Crippen MR) is 71.2 cm³/mol. The van der Waals surface area contributed by atoms with Crippen molar-refractivity contribution in [2.24, 2.45) is 17.3 Å². The highest BCUT2D eigenvalue weighted by Crippen LogP contribution is 2.43. The lowest BCUT2D eigenvalue weighted by atomic mass is 9.65. The monoisotopic (exact) mass is 214 g/mol. The SMILES string of the molecule is CC1=CCC(C)(C2C=CC(C)=CC2C)C=C1. The Morgan fingerprint density at radius 1 is 1.19 bits per heavy atom. The first-order chi connectivity index (χ1) is 7.51. The van der Waals surface area contributed by atoms with Crippen molar-refractivity contribution in [3.8, 4) is 0 Å². The second kappa shape index (κ2) is 4.08. The van der Waals surface area contributed by atoms with E-state index in [0.29, 0.717) is 17.3 Å². The normalized spacial score (nSPS) is 38.2. The maximum absolute atomic E-state index is 2.41. The van der Waals surface area contributed by atoms with Crippen LogP contribution in [0.5, 0.6) is 0 Å². The molecular weight excluding hydrogens is 192 g/mol. The van der Waals surface area contributed by atoms with E-state index >= 15 is 0 Å². The van der Waals surface area contributed by atoms with E-state index in [1.165, 1.54) is 17.6 Å². The summed E-state index contributed by atoms with van der Waals surface area (Å²) in [5.74, 6) is 1.28. The smallest absolute Gasteiger partial charge is 0.00403 e. The molecule has 2 aliphatic carbocycles. The van der Waals surface area contributed by atoms with Crippen LogP contribution in [-0.4, -0.2) is 0 Å². The maximum Gasteiger partial charge on any atom is -0.00403 e. The summed E-state index contributed by atoms with van der Waals surface area (Å²) in [5, 5.41) is 0. The molecule has 3 unspecified atom stereocenters. The van der Waals surface area contributed by atoms with Gasteiger partial charge in [0.05, 0.1) is 0 Å². The first-order valence-corrected chi connectivity index (χ1v) is 6.24. The summed E-state index contributed by atoms with van der Waals surface area (Å²) in [5.41, 5.74) is 3.10. The molecule has 0 fully saturated rings. The van der Waals surface area contributed by atoms with Gasteiger partial charge in [0.25, 0.3) is 0 Å². The third-order valence-corrected chi connectivity index (χ3v) is 4.01. The third-order valence-electron chi connectivity index (χ3n) is 4.01. The largest absolute Gasteiger partial charge is 0.0807 e. The predicted octanol–water partition coefficient (Wildman–Crippen LogP) is 4.67. The van der Waals surface area contributed by atoms with E-state index < -0.39 is 0 Å². The molecule has 0 aromatic rings. The summed E-state index contributed by atoms with van der Waals surface area (Å²) in [6.07, 6.45) is 15.3. The number of hydrogen-bond donors (Lipinski definition) is 0. The van der Waals surface area contributed by atoms with Crippen molar-refractivity contribution >= 4 is 0 Å². The Bertz CT molecular complexity index is 392. The summed E-state index contributed by atoms with van der Waals surface area (Å²) in [7, 11) is 0. The Labute approximate surface area is 99.4 Å². The van der Waals surface area contributed by atoms with E-state index in [-0.39, 0.29) is 0 Å². The lowest BCUT2D eigenvalue weighted by Crippen LogP contribution is -2.30. The van der Waals surface area contributed by atoms with Crippen molar-refractivity contribution in [1.82, 2.24) is 0 Å². The molecule has 0 amide bonds. The van der Waals surface area contributed by atoms with Crippen LogP contribution in [0.1, 0.15) is 34.1 Å². The lowest BCUT2D eigenvalue weighted by Gasteiger charge is -2.39. The van der Waals surface area contributed by atoms with E-state index in [9.17, 15) is 0 Å². The molecule has 0 nitrogen and oxygen atoms in total. The van der Waals surface area contributed by atoms with Gasteiger partial charge in [-0.05, 0) is 37.5 Å². The van der Waals surface area contributed by atoms with E-state index in [4.69, 9.17) is 0 Å². The van der Waals surface area contributed by atoms with Crippen molar-refractivity contribution in [2.75, 3.05) is 0 Å². The van der Waals surface area contributed by atoms with Gasteiger partial charge in [-0.1, -0.05) is 61.4 Å². The summed E-state index contributed by atoms with van der Waals surface area (Å²) >= 11 is 0. The highest BCUT2D eigenvalue weighted by Gasteiger charge is 2.34. The van der Waals surface area contributed by atoms with Crippen molar-refractivity contribution in [1.29, 1.82) is 0 Å². The first kappa shape index (κ1) is 11.4. The molecule has 0 bridgehead atoms. The molecule has 0 saturated heterocycles. The van der Waals surface area contributed by atoms with Gasteiger partial charge in [0.15, 0.2) is 0 Å². The van der Waals surface area contributed by atoms with E-state index in [2.05, 4.69) is 64.2 Å². The van der Waals surface area contributed by atoms with Crippen LogP contribution in [0.25, 0.3) is 0 Å². The molecule has 16 heavy (non-hydrogen) atoms. The summed E-state index contributed by atoms with van der Waals surface area (Å²) in [6, 6.07) is 0. The zero-order valence-corrected chi connectivity index (χ0v) is 10.8. The molecule has 0 aromatic carbocycles. The van der Waals surface area contributed by atoms with Crippen molar-refractivity contribution in [2.45, 2.75) is 34.1 Å². The molecule has 2 aliphatic rings. The topological polar surface area (TPSA) is 0 Å². The van der Waals surface area contributed by atoms with Crippen LogP contribution in [0, 0.1) is 17.3 Å². The fraction of sp³-hybridized carbons (Fsp3) is 0.500. The average molecular weight is 214 g/mol. The Balaban J connectivity index is 2.21. The van der Waals surface area contributed by atoms with Crippen LogP contribution >= 0.6 is 0 Å². The van der Waals surface area contributed by atoms with E-state index in [0.717, 1.165) is 0 Å². The highest BCUT2D eigenvalue weighted by molar-refractivity contribution is 5.30. The summed E-state index contributed by atoms with van der Waals surface area (Å²) in [6.45, 7) is 9.08. The van der Waals surface area contributed by atoms with Gasteiger partial charge in [-0.25, -0.2) is 0 Å². The minimum absolute atomic E-state index is 0.298. The van der Waals surface area contributed by atoms with Crippen molar-refractivity contribution in [3.63, 3.8) is 0 Å². The second-order valence-electron chi connectivity index (χ2n) is 5.65. The van der Waals surface area contributed by atoms with Crippen LogP contribution in [-0.2, 0) is 0 Å². The molecule has 2 rings (SSSR count). The molecule has 0 heterocycles. The van der Waals surface area contributed by atoms with Crippen molar-refractivity contribution in [3.05, 3.63) is 47.6 Å². The Hall–Kier alpha value is -1.04. The van der Waals surface area contributed by atoms with Gasteiger partial charge < -0.3 is 0 Å². The Morgan fingerprint density at radius 2 is 1.94 bits per heavy atom. The summed E-state index contributed by atoms with van der Waals surface area (Å²) in [4.78, 5) is 0. The van der Waals surface area contributed by atoms with Crippen LogP contribution in [0.4, 0.5) is 0 Å². The number of hydrogen-bond acceptors (Lipinski definition) is 0. The molecule has 0 spiro atoms. The maximum atomic E-state index is 2.41. The van der Waals surface area contributed by atoms with Gasteiger partial charge in [0.1, 0.15) is 0 Å². The zero-order valence-electron chi connectivity index (χ0n) is 10.8. The highest BCUT2D eigenvalue weighted by atomic mass is 14.4. The molecular formula is C16H22.